The Morgan fingerprint density at radius 2 is 2.11 bits per heavy atom. The highest BCUT2D eigenvalue weighted by molar-refractivity contribution is 5.84. The van der Waals surface area contributed by atoms with Gasteiger partial charge in [-0.15, -0.1) is 0 Å². The zero-order chi connectivity index (χ0) is 14.0. The zero-order valence-electron chi connectivity index (χ0n) is 11.1. The van der Waals surface area contributed by atoms with Gasteiger partial charge < -0.3 is 14.8 Å². The number of carboxylic acid groups (broad SMARTS) is 1. The van der Waals surface area contributed by atoms with E-state index in [4.69, 9.17) is 9.52 Å². The molecule has 19 heavy (non-hydrogen) atoms. The normalized spacial score (nSPS) is 12.6. The Balaban J connectivity index is 2.06. The maximum Gasteiger partial charge on any atom is 0.371 e. The van der Waals surface area contributed by atoms with Crippen molar-refractivity contribution < 1.29 is 14.3 Å². The van der Waals surface area contributed by atoms with Crippen molar-refractivity contribution in [2.24, 2.45) is 0 Å². The Labute approximate surface area is 111 Å². The molecule has 1 atom stereocenters. The molecule has 0 amide bonds. The molecule has 0 saturated heterocycles. The van der Waals surface area contributed by atoms with Gasteiger partial charge in [0.05, 0.1) is 6.04 Å². The molecule has 2 rings (SSSR count). The Hall–Kier alpha value is -2.24. The summed E-state index contributed by atoms with van der Waals surface area (Å²) in [5.41, 5.74) is 0. The Morgan fingerprint density at radius 1 is 1.37 bits per heavy atom. The topological polar surface area (TPSA) is 80.3 Å². The number of anilines is 1. The van der Waals surface area contributed by atoms with Crippen molar-refractivity contribution >= 4 is 11.8 Å². The van der Waals surface area contributed by atoms with Crippen molar-refractivity contribution in [1.29, 1.82) is 0 Å². The summed E-state index contributed by atoms with van der Waals surface area (Å²) in [6, 6.07) is 5.12. The number of hydrogen-bond acceptors (Lipinski definition) is 4. The van der Waals surface area contributed by atoms with Gasteiger partial charge in [0.2, 0.25) is 5.76 Å². The van der Waals surface area contributed by atoms with E-state index in [2.05, 4.69) is 10.4 Å². The summed E-state index contributed by atoms with van der Waals surface area (Å²) >= 11 is 0. The number of carbonyl (C=O) groups is 1. The van der Waals surface area contributed by atoms with E-state index < -0.39 is 5.97 Å². The first-order chi connectivity index (χ1) is 8.97. The van der Waals surface area contributed by atoms with Crippen LogP contribution in [0.15, 0.2) is 28.8 Å². The molecule has 0 saturated carbocycles. The molecular formula is C13H17N3O3. The van der Waals surface area contributed by atoms with Crippen LogP contribution in [0.5, 0.6) is 0 Å². The quantitative estimate of drug-likeness (QED) is 0.866. The lowest BCUT2D eigenvalue weighted by molar-refractivity contribution is 0.0660. The summed E-state index contributed by atoms with van der Waals surface area (Å²) < 4.78 is 7.08. The van der Waals surface area contributed by atoms with E-state index in [1.54, 1.807) is 6.07 Å². The molecule has 0 bridgehead atoms. The molecule has 6 nitrogen and oxygen atoms in total. The highest BCUT2D eigenvalue weighted by Gasteiger charge is 2.15. The highest BCUT2D eigenvalue weighted by atomic mass is 16.4. The third kappa shape index (κ3) is 2.96. The van der Waals surface area contributed by atoms with Crippen molar-refractivity contribution in [3.63, 3.8) is 0 Å². The average Bonchev–Trinajstić information content (AvgIpc) is 2.96. The SMILES string of the molecule is CC(Nc1ccn(C(C)C)n1)c1ccc(C(=O)O)o1. The van der Waals surface area contributed by atoms with Crippen LogP contribution in [0, 0.1) is 0 Å². The molecule has 0 aromatic carbocycles. The monoisotopic (exact) mass is 263 g/mol. The van der Waals surface area contributed by atoms with Gasteiger partial charge in [0.15, 0.2) is 0 Å². The van der Waals surface area contributed by atoms with Crippen LogP contribution in [-0.4, -0.2) is 20.9 Å². The Bertz CT molecular complexity index is 571. The Kier molecular flexibility index (Phi) is 3.59. The van der Waals surface area contributed by atoms with Gasteiger partial charge in [0.1, 0.15) is 11.6 Å². The standard InChI is InChI=1S/C13H17N3O3/c1-8(2)16-7-6-12(15-16)14-9(3)10-4-5-11(19-10)13(17)18/h4-9H,1-3H3,(H,14,15)(H,17,18). The first-order valence-electron chi connectivity index (χ1n) is 6.12. The number of aromatic nitrogens is 2. The van der Waals surface area contributed by atoms with Gasteiger partial charge in [-0.25, -0.2) is 4.79 Å². The number of carboxylic acids is 1. The van der Waals surface area contributed by atoms with Crippen LogP contribution in [-0.2, 0) is 0 Å². The third-order valence-electron chi connectivity index (χ3n) is 2.77. The van der Waals surface area contributed by atoms with Crippen molar-refractivity contribution in [3.8, 4) is 0 Å². The zero-order valence-corrected chi connectivity index (χ0v) is 11.1. The predicted octanol–water partition coefficient (Wildman–Crippen LogP) is 2.93. The van der Waals surface area contributed by atoms with Gasteiger partial charge >= 0.3 is 5.97 Å². The maximum atomic E-state index is 10.7. The molecule has 2 aromatic heterocycles. The lowest BCUT2D eigenvalue weighted by Gasteiger charge is -2.10. The molecule has 0 fully saturated rings. The van der Waals surface area contributed by atoms with Crippen LogP contribution in [0.3, 0.4) is 0 Å². The van der Waals surface area contributed by atoms with Gasteiger partial charge in [-0.3, -0.25) is 4.68 Å². The molecule has 102 valence electrons. The lowest BCUT2D eigenvalue weighted by Crippen LogP contribution is -2.08. The van der Waals surface area contributed by atoms with E-state index >= 15 is 0 Å². The van der Waals surface area contributed by atoms with E-state index in [9.17, 15) is 4.79 Å². The van der Waals surface area contributed by atoms with Crippen LogP contribution in [0.4, 0.5) is 5.82 Å². The molecule has 2 aromatic rings. The second-order valence-electron chi connectivity index (χ2n) is 4.65. The molecule has 0 aliphatic carbocycles. The summed E-state index contributed by atoms with van der Waals surface area (Å²) in [4.78, 5) is 10.7. The van der Waals surface area contributed by atoms with Crippen LogP contribution in [0.1, 0.15) is 49.2 Å². The van der Waals surface area contributed by atoms with Crippen molar-refractivity contribution in [2.75, 3.05) is 5.32 Å². The summed E-state index contributed by atoms with van der Waals surface area (Å²) in [5, 5.41) is 16.3. The number of rotatable bonds is 5. The summed E-state index contributed by atoms with van der Waals surface area (Å²) in [6.45, 7) is 5.98. The van der Waals surface area contributed by atoms with E-state index in [1.807, 2.05) is 37.7 Å². The average molecular weight is 263 g/mol. The van der Waals surface area contributed by atoms with Crippen LogP contribution >= 0.6 is 0 Å². The minimum Gasteiger partial charge on any atom is -0.475 e. The van der Waals surface area contributed by atoms with Crippen LogP contribution in [0.2, 0.25) is 0 Å². The summed E-state index contributed by atoms with van der Waals surface area (Å²) in [6.07, 6.45) is 1.89. The number of hydrogen-bond donors (Lipinski definition) is 2. The molecule has 1 unspecified atom stereocenters. The second kappa shape index (κ2) is 5.17. The van der Waals surface area contributed by atoms with Gasteiger partial charge in [0, 0.05) is 18.3 Å². The van der Waals surface area contributed by atoms with Crippen LogP contribution in [0.25, 0.3) is 0 Å². The molecule has 2 heterocycles. The minimum atomic E-state index is -1.07. The Morgan fingerprint density at radius 3 is 2.63 bits per heavy atom. The smallest absolute Gasteiger partial charge is 0.371 e. The molecular weight excluding hydrogens is 246 g/mol. The molecule has 0 spiro atoms. The van der Waals surface area contributed by atoms with Crippen molar-refractivity contribution in [2.45, 2.75) is 32.9 Å². The molecule has 0 aliphatic rings. The van der Waals surface area contributed by atoms with E-state index in [0.717, 1.165) is 5.82 Å². The van der Waals surface area contributed by atoms with Crippen LogP contribution < -0.4 is 5.32 Å². The minimum absolute atomic E-state index is 0.0589. The fourth-order valence-corrected chi connectivity index (χ4v) is 1.70. The fourth-order valence-electron chi connectivity index (χ4n) is 1.70. The predicted molar refractivity (Wildman–Crippen MR) is 70.3 cm³/mol. The van der Waals surface area contributed by atoms with Crippen molar-refractivity contribution in [3.05, 3.63) is 35.9 Å². The number of aromatic carboxylic acids is 1. The van der Waals surface area contributed by atoms with Gasteiger partial charge in [0.25, 0.3) is 0 Å². The molecule has 2 N–H and O–H groups in total. The van der Waals surface area contributed by atoms with Gasteiger partial charge in [-0.1, -0.05) is 0 Å². The first-order valence-corrected chi connectivity index (χ1v) is 6.12. The van der Waals surface area contributed by atoms with E-state index in [-0.39, 0.29) is 11.8 Å². The molecule has 0 aliphatic heterocycles. The fraction of sp³-hybridized carbons (Fsp3) is 0.385. The van der Waals surface area contributed by atoms with Gasteiger partial charge in [-0.05, 0) is 32.9 Å². The van der Waals surface area contributed by atoms with Gasteiger partial charge in [-0.2, -0.15) is 5.10 Å². The third-order valence-corrected chi connectivity index (χ3v) is 2.77. The van der Waals surface area contributed by atoms with Crippen molar-refractivity contribution in [1.82, 2.24) is 9.78 Å². The largest absolute Gasteiger partial charge is 0.475 e. The highest BCUT2D eigenvalue weighted by Crippen LogP contribution is 2.20. The summed E-state index contributed by atoms with van der Waals surface area (Å²) in [7, 11) is 0. The molecule has 6 heteroatoms. The number of furan rings is 1. The maximum absolute atomic E-state index is 10.7. The number of nitrogens with zero attached hydrogens (tertiary/aromatic N) is 2. The second-order valence-corrected chi connectivity index (χ2v) is 4.65. The van der Waals surface area contributed by atoms with E-state index in [0.29, 0.717) is 11.8 Å². The summed E-state index contributed by atoms with van der Waals surface area (Å²) in [5.74, 6) is 0.171. The lowest BCUT2D eigenvalue weighted by atomic mass is 10.2. The molecule has 0 radical (unpaired) electrons. The number of nitrogens with one attached hydrogen (secondary N) is 1. The first kappa shape index (κ1) is 13.2. The van der Waals surface area contributed by atoms with E-state index in [1.165, 1.54) is 6.07 Å².